The largest absolute Gasteiger partial charge is 0.481 e. The van der Waals surface area contributed by atoms with Gasteiger partial charge >= 0.3 is 0 Å². The molecule has 1 amide bonds. The molecule has 0 bridgehead atoms. The highest BCUT2D eigenvalue weighted by Gasteiger charge is 2.34. The second kappa shape index (κ2) is 7.85. The minimum atomic E-state index is -0.615. The van der Waals surface area contributed by atoms with Gasteiger partial charge in [-0.1, -0.05) is 54.6 Å². The van der Waals surface area contributed by atoms with Crippen molar-refractivity contribution in [1.82, 2.24) is 4.90 Å². The van der Waals surface area contributed by atoms with Crippen molar-refractivity contribution < 1.29 is 13.9 Å². The van der Waals surface area contributed by atoms with Gasteiger partial charge < -0.3 is 9.64 Å². The molecule has 4 heteroatoms. The average Bonchev–Trinajstić information content (AvgIpc) is 2.74. The standard InChI is InChI=1S/C24H22FNO2/c1-17(28-21-8-3-2-4-9-21)24(27)26-16-15-18-7-5-6-10-22(18)23(26)19-11-13-20(25)14-12-19/h2-14,17,23H,15-16H2,1H3/t17-,23-/m1/s1. The molecule has 0 saturated carbocycles. The Labute approximate surface area is 164 Å². The van der Waals surface area contributed by atoms with Crippen LogP contribution in [0.15, 0.2) is 78.9 Å². The predicted octanol–water partition coefficient (Wildman–Crippen LogP) is 4.77. The second-order valence-corrected chi connectivity index (χ2v) is 7.01. The lowest BCUT2D eigenvalue weighted by Gasteiger charge is -2.39. The molecule has 0 radical (unpaired) electrons. The van der Waals surface area contributed by atoms with Gasteiger partial charge in [-0.15, -0.1) is 0 Å². The molecule has 0 fully saturated rings. The molecule has 28 heavy (non-hydrogen) atoms. The van der Waals surface area contributed by atoms with E-state index in [-0.39, 0.29) is 17.8 Å². The van der Waals surface area contributed by atoms with Crippen LogP contribution in [0.1, 0.15) is 29.7 Å². The Morgan fingerprint density at radius 1 is 1.00 bits per heavy atom. The molecule has 1 aliphatic heterocycles. The summed E-state index contributed by atoms with van der Waals surface area (Å²) in [5.41, 5.74) is 3.20. The smallest absolute Gasteiger partial charge is 0.264 e. The van der Waals surface area contributed by atoms with Crippen LogP contribution < -0.4 is 4.74 Å². The molecule has 0 N–H and O–H groups in total. The fourth-order valence-electron chi connectivity index (χ4n) is 3.80. The third-order valence-electron chi connectivity index (χ3n) is 5.16. The lowest BCUT2D eigenvalue weighted by molar-refractivity contribution is -0.140. The van der Waals surface area contributed by atoms with Crippen LogP contribution in [-0.2, 0) is 11.2 Å². The first-order chi connectivity index (χ1) is 13.6. The van der Waals surface area contributed by atoms with Crippen molar-refractivity contribution in [3.05, 3.63) is 101 Å². The van der Waals surface area contributed by atoms with Gasteiger partial charge in [-0.25, -0.2) is 4.39 Å². The quantitative estimate of drug-likeness (QED) is 0.658. The average molecular weight is 375 g/mol. The molecule has 0 aliphatic carbocycles. The zero-order valence-electron chi connectivity index (χ0n) is 15.7. The lowest BCUT2D eigenvalue weighted by atomic mass is 9.88. The summed E-state index contributed by atoms with van der Waals surface area (Å²) in [7, 11) is 0. The zero-order valence-corrected chi connectivity index (χ0v) is 15.7. The molecule has 0 unspecified atom stereocenters. The van der Waals surface area contributed by atoms with Crippen molar-refractivity contribution in [2.24, 2.45) is 0 Å². The summed E-state index contributed by atoms with van der Waals surface area (Å²) in [6.07, 6.45) is 0.174. The van der Waals surface area contributed by atoms with Gasteiger partial charge in [-0.2, -0.15) is 0 Å². The summed E-state index contributed by atoms with van der Waals surface area (Å²) in [6.45, 7) is 2.37. The number of amides is 1. The van der Waals surface area contributed by atoms with Gasteiger partial charge in [0.2, 0.25) is 0 Å². The highest BCUT2D eigenvalue weighted by atomic mass is 19.1. The van der Waals surface area contributed by atoms with E-state index in [1.54, 1.807) is 19.1 Å². The number of fused-ring (bicyclic) bond motifs is 1. The maximum absolute atomic E-state index is 13.5. The first kappa shape index (κ1) is 18.2. The van der Waals surface area contributed by atoms with Gasteiger partial charge in [0.15, 0.2) is 6.10 Å². The van der Waals surface area contributed by atoms with Crippen LogP contribution >= 0.6 is 0 Å². The number of para-hydroxylation sites is 1. The Kier molecular flexibility index (Phi) is 5.11. The first-order valence-corrected chi connectivity index (χ1v) is 9.49. The van der Waals surface area contributed by atoms with E-state index in [9.17, 15) is 9.18 Å². The number of hydrogen-bond acceptors (Lipinski definition) is 2. The first-order valence-electron chi connectivity index (χ1n) is 9.49. The van der Waals surface area contributed by atoms with Gasteiger partial charge in [-0.05, 0) is 54.3 Å². The van der Waals surface area contributed by atoms with Gasteiger partial charge in [-0.3, -0.25) is 4.79 Å². The number of nitrogens with zero attached hydrogens (tertiary/aromatic N) is 1. The van der Waals surface area contributed by atoms with Gasteiger partial charge in [0, 0.05) is 6.54 Å². The highest BCUT2D eigenvalue weighted by Crippen LogP contribution is 2.35. The SMILES string of the molecule is C[C@@H](Oc1ccccc1)C(=O)N1CCc2ccccc2[C@H]1c1ccc(F)cc1. The van der Waals surface area contributed by atoms with Crippen molar-refractivity contribution in [2.45, 2.75) is 25.5 Å². The van der Waals surface area contributed by atoms with Crippen LogP contribution in [0, 0.1) is 5.82 Å². The summed E-state index contributed by atoms with van der Waals surface area (Å²) < 4.78 is 19.3. The zero-order chi connectivity index (χ0) is 19.5. The van der Waals surface area contributed by atoms with E-state index in [0.717, 1.165) is 17.5 Å². The molecule has 0 spiro atoms. The molecule has 1 heterocycles. The molecule has 3 nitrogen and oxygen atoms in total. The summed E-state index contributed by atoms with van der Waals surface area (Å²) >= 11 is 0. The Balaban J connectivity index is 1.66. The van der Waals surface area contributed by atoms with Crippen LogP contribution in [-0.4, -0.2) is 23.5 Å². The molecular weight excluding hydrogens is 353 g/mol. The van der Waals surface area contributed by atoms with E-state index >= 15 is 0 Å². The van der Waals surface area contributed by atoms with Gasteiger partial charge in [0.05, 0.1) is 6.04 Å². The van der Waals surface area contributed by atoms with Crippen molar-refractivity contribution in [3.8, 4) is 5.75 Å². The molecular formula is C24H22FNO2. The number of carbonyl (C=O) groups excluding carboxylic acids is 1. The minimum Gasteiger partial charge on any atom is -0.481 e. The van der Waals surface area contributed by atoms with Crippen LogP contribution in [0.3, 0.4) is 0 Å². The normalized spacial score (nSPS) is 16.9. The topological polar surface area (TPSA) is 29.5 Å². The van der Waals surface area contributed by atoms with Crippen LogP contribution in [0.4, 0.5) is 4.39 Å². The maximum Gasteiger partial charge on any atom is 0.264 e. The Bertz CT molecular complexity index is 956. The molecule has 1 aliphatic rings. The number of benzene rings is 3. The fourth-order valence-corrected chi connectivity index (χ4v) is 3.80. The number of ether oxygens (including phenoxy) is 1. The summed E-state index contributed by atoms with van der Waals surface area (Å²) in [5, 5.41) is 0. The Hall–Kier alpha value is -3.14. The molecule has 2 atom stereocenters. The summed E-state index contributed by atoms with van der Waals surface area (Å²) in [5.74, 6) is 0.304. The molecule has 0 saturated heterocycles. The monoisotopic (exact) mass is 375 g/mol. The van der Waals surface area contributed by atoms with Crippen molar-refractivity contribution in [3.63, 3.8) is 0 Å². The van der Waals surface area contributed by atoms with Crippen LogP contribution in [0.25, 0.3) is 0 Å². The predicted molar refractivity (Wildman–Crippen MR) is 107 cm³/mol. The van der Waals surface area contributed by atoms with Gasteiger partial charge in [0.25, 0.3) is 5.91 Å². The molecule has 4 rings (SSSR count). The summed E-state index contributed by atoms with van der Waals surface area (Å²) in [4.78, 5) is 15.1. The Morgan fingerprint density at radius 2 is 1.68 bits per heavy atom. The maximum atomic E-state index is 13.5. The van der Waals surface area contributed by atoms with E-state index in [1.807, 2.05) is 53.4 Å². The third-order valence-corrected chi connectivity index (χ3v) is 5.16. The van der Waals surface area contributed by atoms with Gasteiger partial charge in [0.1, 0.15) is 11.6 Å². The highest BCUT2D eigenvalue weighted by molar-refractivity contribution is 5.82. The van der Waals surface area contributed by atoms with Crippen molar-refractivity contribution in [1.29, 1.82) is 0 Å². The van der Waals surface area contributed by atoms with Crippen molar-refractivity contribution >= 4 is 5.91 Å². The molecule has 3 aromatic carbocycles. The number of carbonyl (C=O) groups is 1. The second-order valence-electron chi connectivity index (χ2n) is 7.01. The van der Waals surface area contributed by atoms with Crippen LogP contribution in [0.5, 0.6) is 5.75 Å². The van der Waals surface area contributed by atoms with E-state index in [4.69, 9.17) is 4.74 Å². The number of hydrogen-bond donors (Lipinski definition) is 0. The van der Waals surface area contributed by atoms with E-state index in [1.165, 1.54) is 17.7 Å². The van der Waals surface area contributed by atoms with E-state index < -0.39 is 6.10 Å². The Morgan fingerprint density at radius 3 is 2.43 bits per heavy atom. The van der Waals surface area contributed by atoms with Crippen LogP contribution in [0.2, 0.25) is 0 Å². The van der Waals surface area contributed by atoms with E-state index in [2.05, 4.69) is 6.07 Å². The molecule has 142 valence electrons. The van der Waals surface area contributed by atoms with E-state index in [0.29, 0.717) is 12.3 Å². The number of halogens is 1. The minimum absolute atomic E-state index is 0.0762. The van der Waals surface area contributed by atoms with Crippen molar-refractivity contribution in [2.75, 3.05) is 6.54 Å². The summed E-state index contributed by atoms with van der Waals surface area (Å²) in [6, 6.07) is 23.6. The molecule has 0 aromatic heterocycles. The third kappa shape index (κ3) is 3.63. The fraction of sp³-hybridized carbons (Fsp3) is 0.208. The number of rotatable bonds is 4. The lowest BCUT2D eigenvalue weighted by Crippen LogP contribution is -2.46. The molecule has 3 aromatic rings.